The molecule has 1 fully saturated rings. The number of hydrogen-bond acceptors (Lipinski definition) is 6. The molecule has 0 aliphatic carbocycles. The Labute approximate surface area is 174 Å². The number of esters is 1. The molecule has 0 bridgehead atoms. The van der Waals surface area contributed by atoms with E-state index in [1.807, 2.05) is 39.0 Å². The normalized spacial score (nSPS) is 16.6. The van der Waals surface area contributed by atoms with Gasteiger partial charge < -0.3 is 14.0 Å². The fraction of sp³-hybridized carbons (Fsp3) is 0.409. The van der Waals surface area contributed by atoms with Gasteiger partial charge in [0.2, 0.25) is 5.78 Å². The van der Waals surface area contributed by atoms with Crippen molar-refractivity contribution in [3.05, 3.63) is 50.5 Å². The highest BCUT2D eigenvalue weighted by Crippen LogP contribution is 2.22. The number of carbonyl (C=O) groups is 2. The van der Waals surface area contributed by atoms with Gasteiger partial charge in [0.25, 0.3) is 0 Å². The fourth-order valence-corrected chi connectivity index (χ4v) is 4.20. The van der Waals surface area contributed by atoms with Crippen LogP contribution in [-0.4, -0.2) is 35.6 Å². The monoisotopic (exact) mass is 412 g/mol. The first kappa shape index (κ1) is 21.0. The summed E-state index contributed by atoms with van der Waals surface area (Å²) < 4.78 is 12.9. The number of ether oxygens (including phenoxy) is 2. The van der Waals surface area contributed by atoms with Gasteiger partial charge in [0, 0.05) is 29.4 Å². The Kier molecular flexibility index (Phi) is 6.68. The van der Waals surface area contributed by atoms with E-state index in [1.54, 1.807) is 6.07 Å². The zero-order valence-corrected chi connectivity index (χ0v) is 17.7. The van der Waals surface area contributed by atoms with Crippen molar-refractivity contribution in [2.75, 3.05) is 13.2 Å². The lowest BCUT2D eigenvalue weighted by Crippen LogP contribution is -2.17. The van der Waals surface area contributed by atoms with E-state index in [4.69, 9.17) is 9.47 Å². The summed E-state index contributed by atoms with van der Waals surface area (Å²) >= 11 is 1.35. The molecular weight excluding hydrogens is 388 g/mol. The second-order valence-electron chi connectivity index (χ2n) is 7.15. The summed E-state index contributed by atoms with van der Waals surface area (Å²) in [7, 11) is 0. The minimum absolute atomic E-state index is 0.127. The van der Waals surface area contributed by atoms with E-state index in [-0.39, 0.29) is 24.1 Å². The Balaban J connectivity index is 1.69. The van der Waals surface area contributed by atoms with Crippen molar-refractivity contribution in [3.63, 3.8) is 0 Å². The highest BCUT2D eigenvalue weighted by Gasteiger charge is 2.20. The van der Waals surface area contributed by atoms with Gasteiger partial charge >= 0.3 is 5.97 Å². The number of Topliss-reactive ketones (excluding diaryl/α,β-unsaturated/α-hetero) is 1. The summed E-state index contributed by atoms with van der Waals surface area (Å²) in [5.41, 5.74) is 2.66. The summed E-state index contributed by atoms with van der Waals surface area (Å²) in [6.45, 7) is 7.02. The van der Waals surface area contributed by atoms with Crippen molar-refractivity contribution in [1.29, 1.82) is 5.26 Å². The molecule has 1 saturated heterocycles. The highest BCUT2D eigenvalue weighted by molar-refractivity contribution is 7.14. The zero-order valence-electron chi connectivity index (χ0n) is 16.9. The lowest BCUT2D eigenvalue weighted by molar-refractivity contribution is -0.137. The van der Waals surface area contributed by atoms with Crippen LogP contribution in [0.1, 0.15) is 44.3 Å². The molecule has 3 rings (SSSR count). The molecule has 6 nitrogen and oxygen atoms in total. The largest absolute Gasteiger partial charge is 0.453 e. The maximum Gasteiger partial charge on any atom is 0.349 e. The van der Waals surface area contributed by atoms with Gasteiger partial charge in [0.15, 0.2) is 6.61 Å². The Bertz CT molecular complexity index is 987. The summed E-state index contributed by atoms with van der Waals surface area (Å²) in [6.07, 6.45) is 3.83. The van der Waals surface area contributed by atoms with Crippen LogP contribution in [0.25, 0.3) is 6.08 Å². The third kappa shape index (κ3) is 5.03. The van der Waals surface area contributed by atoms with Crippen LogP contribution >= 0.6 is 11.3 Å². The Morgan fingerprint density at radius 3 is 2.79 bits per heavy atom. The molecule has 0 unspecified atom stereocenters. The summed E-state index contributed by atoms with van der Waals surface area (Å²) in [6, 6.07) is 7.38. The molecule has 3 heterocycles. The SMILES string of the molecule is Cc1ccc(C(=O)COC(=O)/C(C#N)=C/c2cc(C)n(C[C@@H]3CCCO3)c2C)s1. The first-order valence-corrected chi connectivity index (χ1v) is 10.4. The predicted molar refractivity (Wildman–Crippen MR) is 111 cm³/mol. The molecule has 1 aliphatic heterocycles. The molecular formula is C22H24N2O4S. The number of rotatable bonds is 7. The van der Waals surface area contributed by atoms with Crippen molar-refractivity contribution in [2.45, 2.75) is 46.3 Å². The number of carbonyl (C=O) groups excluding carboxylic acids is 2. The molecule has 1 aliphatic rings. The summed E-state index contributed by atoms with van der Waals surface area (Å²) in [5.74, 6) is -1.07. The number of nitriles is 1. The van der Waals surface area contributed by atoms with Crippen LogP contribution in [-0.2, 0) is 20.8 Å². The predicted octanol–water partition coefficient (Wildman–Crippen LogP) is 3.99. The van der Waals surface area contributed by atoms with Crippen LogP contribution in [0.4, 0.5) is 0 Å². The van der Waals surface area contributed by atoms with Gasteiger partial charge in [-0.05, 0) is 63.5 Å². The van der Waals surface area contributed by atoms with Gasteiger partial charge in [-0.3, -0.25) is 4.79 Å². The van der Waals surface area contributed by atoms with E-state index in [9.17, 15) is 14.9 Å². The number of ketones is 1. The second-order valence-corrected chi connectivity index (χ2v) is 8.44. The number of hydrogen-bond donors (Lipinski definition) is 0. The van der Waals surface area contributed by atoms with Crippen molar-refractivity contribution in [3.8, 4) is 6.07 Å². The standard InChI is InChI=1S/C22H24N2O4S/c1-14-9-17(16(3)24(14)12-19-5-4-8-27-19)10-18(11-23)22(26)28-13-20(25)21-7-6-15(2)29-21/h6-7,9-10,19H,4-5,8,12-13H2,1-3H3/b18-10+/t19-/m0/s1. The molecule has 2 aromatic heterocycles. The molecule has 0 N–H and O–H groups in total. The maximum absolute atomic E-state index is 12.3. The van der Waals surface area contributed by atoms with E-state index in [2.05, 4.69) is 4.57 Å². The molecule has 0 aromatic carbocycles. The van der Waals surface area contributed by atoms with E-state index < -0.39 is 5.97 Å². The van der Waals surface area contributed by atoms with E-state index in [0.29, 0.717) is 4.88 Å². The Morgan fingerprint density at radius 2 is 2.17 bits per heavy atom. The quantitative estimate of drug-likeness (QED) is 0.297. The minimum Gasteiger partial charge on any atom is -0.453 e. The maximum atomic E-state index is 12.3. The van der Waals surface area contributed by atoms with Gasteiger partial charge in [-0.15, -0.1) is 11.3 Å². The molecule has 7 heteroatoms. The molecule has 152 valence electrons. The van der Waals surface area contributed by atoms with Gasteiger partial charge in [-0.25, -0.2) is 4.79 Å². The van der Waals surface area contributed by atoms with Crippen molar-refractivity contribution >= 4 is 29.2 Å². The number of thiophene rings is 1. The third-order valence-corrected chi connectivity index (χ3v) is 6.05. The summed E-state index contributed by atoms with van der Waals surface area (Å²) in [4.78, 5) is 26.0. The van der Waals surface area contributed by atoms with Crippen LogP contribution in [0.3, 0.4) is 0 Å². The van der Waals surface area contributed by atoms with E-state index >= 15 is 0 Å². The zero-order chi connectivity index (χ0) is 21.0. The van der Waals surface area contributed by atoms with E-state index in [0.717, 1.165) is 47.8 Å². The first-order chi connectivity index (χ1) is 13.9. The van der Waals surface area contributed by atoms with Gasteiger partial charge in [-0.1, -0.05) is 0 Å². The lowest BCUT2D eigenvalue weighted by atomic mass is 10.1. The first-order valence-electron chi connectivity index (χ1n) is 9.56. The molecule has 0 spiro atoms. The van der Waals surface area contributed by atoms with Crippen molar-refractivity contribution < 1.29 is 19.1 Å². The topological polar surface area (TPSA) is 81.3 Å². The van der Waals surface area contributed by atoms with Crippen LogP contribution in [0.5, 0.6) is 0 Å². The second kappa shape index (κ2) is 9.21. The van der Waals surface area contributed by atoms with Crippen molar-refractivity contribution in [1.82, 2.24) is 4.57 Å². The van der Waals surface area contributed by atoms with Crippen LogP contribution in [0.2, 0.25) is 0 Å². The number of aryl methyl sites for hydroxylation is 2. The van der Waals surface area contributed by atoms with Gasteiger partial charge in [-0.2, -0.15) is 5.26 Å². The smallest absolute Gasteiger partial charge is 0.349 e. The molecule has 0 radical (unpaired) electrons. The minimum atomic E-state index is -0.793. The van der Waals surface area contributed by atoms with Crippen LogP contribution < -0.4 is 0 Å². The molecule has 2 aromatic rings. The van der Waals surface area contributed by atoms with E-state index in [1.165, 1.54) is 17.4 Å². The van der Waals surface area contributed by atoms with Gasteiger partial charge in [0.1, 0.15) is 11.6 Å². The molecule has 29 heavy (non-hydrogen) atoms. The number of aromatic nitrogens is 1. The molecule has 0 saturated carbocycles. The number of nitrogens with zero attached hydrogens (tertiary/aromatic N) is 2. The Morgan fingerprint density at radius 1 is 1.38 bits per heavy atom. The van der Waals surface area contributed by atoms with Crippen LogP contribution in [0, 0.1) is 32.1 Å². The third-order valence-electron chi connectivity index (χ3n) is 5.01. The average molecular weight is 413 g/mol. The molecule has 1 atom stereocenters. The molecule has 0 amide bonds. The summed E-state index contributed by atoms with van der Waals surface area (Å²) in [5, 5.41) is 9.41. The highest BCUT2D eigenvalue weighted by atomic mass is 32.1. The van der Waals surface area contributed by atoms with Crippen molar-refractivity contribution in [2.24, 2.45) is 0 Å². The lowest BCUT2D eigenvalue weighted by Gasteiger charge is -2.14. The van der Waals surface area contributed by atoms with Gasteiger partial charge in [0.05, 0.1) is 11.0 Å². The van der Waals surface area contributed by atoms with Crippen LogP contribution in [0.15, 0.2) is 23.8 Å². The average Bonchev–Trinajstić information content (AvgIpc) is 3.42. The fourth-order valence-electron chi connectivity index (χ4n) is 3.40. The Hall–Kier alpha value is -2.69.